The van der Waals surface area contributed by atoms with Crippen LogP contribution in [-0.2, 0) is 7.05 Å². The number of hydrogen-bond acceptors (Lipinski definition) is 3. The summed E-state index contributed by atoms with van der Waals surface area (Å²) in [5.74, 6) is 0. The summed E-state index contributed by atoms with van der Waals surface area (Å²) in [5.41, 5.74) is 1.48. The Hall–Kier alpha value is -0.870. The summed E-state index contributed by atoms with van der Waals surface area (Å²) in [7, 11) is 1.99. The van der Waals surface area contributed by atoms with Crippen molar-refractivity contribution in [1.82, 2.24) is 20.0 Å². The molecule has 0 saturated carbocycles. The van der Waals surface area contributed by atoms with Gasteiger partial charge in [0.1, 0.15) is 0 Å². The molecule has 1 N–H and O–H groups in total. The van der Waals surface area contributed by atoms with E-state index in [1.807, 2.05) is 17.9 Å². The lowest BCUT2D eigenvalue weighted by molar-refractivity contribution is 0.0846. The van der Waals surface area contributed by atoms with E-state index in [0.717, 1.165) is 13.0 Å². The topological polar surface area (TPSA) is 33.1 Å². The molecular formula is C15H28N4. The minimum absolute atomic E-state index is 0.176. The molecule has 19 heavy (non-hydrogen) atoms. The van der Waals surface area contributed by atoms with Crippen LogP contribution < -0.4 is 5.32 Å². The quantitative estimate of drug-likeness (QED) is 0.856. The molecule has 4 heteroatoms. The summed E-state index contributed by atoms with van der Waals surface area (Å²) >= 11 is 0. The number of aromatic nitrogens is 2. The van der Waals surface area contributed by atoms with Crippen molar-refractivity contribution in [3.8, 4) is 0 Å². The van der Waals surface area contributed by atoms with Crippen molar-refractivity contribution in [3.05, 3.63) is 18.0 Å². The van der Waals surface area contributed by atoms with Crippen LogP contribution in [0.3, 0.4) is 0 Å². The fourth-order valence-electron chi connectivity index (χ4n) is 3.33. The van der Waals surface area contributed by atoms with E-state index in [-0.39, 0.29) is 5.54 Å². The molecule has 2 atom stereocenters. The Kier molecular flexibility index (Phi) is 4.63. The molecule has 0 spiro atoms. The summed E-state index contributed by atoms with van der Waals surface area (Å²) in [6.45, 7) is 10.3. The van der Waals surface area contributed by atoms with E-state index in [9.17, 15) is 0 Å². The normalized spacial score (nSPS) is 21.5. The van der Waals surface area contributed by atoms with Crippen LogP contribution in [0.15, 0.2) is 12.4 Å². The minimum Gasteiger partial charge on any atom is -0.309 e. The molecule has 1 fully saturated rings. The zero-order valence-electron chi connectivity index (χ0n) is 12.8. The van der Waals surface area contributed by atoms with Gasteiger partial charge < -0.3 is 5.32 Å². The first-order valence-corrected chi connectivity index (χ1v) is 7.58. The van der Waals surface area contributed by atoms with Gasteiger partial charge in [0.2, 0.25) is 0 Å². The largest absolute Gasteiger partial charge is 0.309 e. The van der Waals surface area contributed by atoms with Crippen molar-refractivity contribution < 1.29 is 0 Å². The van der Waals surface area contributed by atoms with Gasteiger partial charge in [-0.1, -0.05) is 13.8 Å². The van der Waals surface area contributed by atoms with Gasteiger partial charge in [0, 0.05) is 24.3 Å². The van der Waals surface area contributed by atoms with Gasteiger partial charge >= 0.3 is 0 Å². The number of rotatable bonds is 6. The van der Waals surface area contributed by atoms with E-state index < -0.39 is 0 Å². The average Bonchev–Trinajstić information content (AvgIpc) is 3.06. The lowest BCUT2D eigenvalue weighted by Gasteiger charge is -2.44. The molecule has 0 amide bonds. The van der Waals surface area contributed by atoms with E-state index in [1.54, 1.807) is 0 Å². The Labute approximate surface area is 117 Å². The van der Waals surface area contributed by atoms with E-state index in [4.69, 9.17) is 0 Å². The monoisotopic (exact) mass is 264 g/mol. The molecule has 2 rings (SSSR count). The van der Waals surface area contributed by atoms with Crippen molar-refractivity contribution in [2.24, 2.45) is 7.05 Å². The van der Waals surface area contributed by atoms with Crippen LogP contribution in [0.5, 0.6) is 0 Å². The summed E-state index contributed by atoms with van der Waals surface area (Å²) in [6, 6.07) is 0.356. The standard InChI is InChI=1S/C15H28N4/c1-5-15(3,19-9-7-8-10-19)14(16-6-2)13-11-17-18(4)12-13/h11-12,14,16H,5-10H2,1-4H3. The van der Waals surface area contributed by atoms with Crippen LogP contribution in [0.1, 0.15) is 51.6 Å². The number of aryl methyl sites for hydroxylation is 1. The Morgan fingerprint density at radius 1 is 1.37 bits per heavy atom. The Balaban J connectivity index is 2.29. The van der Waals surface area contributed by atoms with Crippen molar-refractivity contribution >= 4 is 0 Å². The maximum Gasteiger partial charge on any atom is 0.0538 e. The van der Waals surface area contributed by atoms with Crippen LogP contribution in [0.2, 0.25) is 0 Å². The second-order valence-electron chi connectivity index (χ2n) is 5.84. The average molecular weight is 264 g/mol. The predicted octanol–water partition coefficient (Wildman–Crippen LogP) is 2.34. The molecule has 108 valence electrons. The zero-order chi connectivity index (χ0) is 13.9. The first-order valence-electron chi connectivity index (χ1n) is 7.58. The van der Waals surface area contributed by atoms with E-state index in [0.29, 0.717) is 6.04 Å². The van der Waals surface area contributed by atoms with Gasteiger partial charge in [0.15, 0.2) is 0 Å². The second kappa shape index (κ2) is 6.06. The summed E-state index contributed by atoms with van der Waals surface area (Å²) in [5, 5.41) is 8.04. The molecule has 1 aliphatic rings. The molecule has 0 bridgehead atoms. The van der Waals surface area contributed by atoms with Gasteiger partial charge in [-0.15, -0.1) is 0 Å². The fraction of sp³-hybridized carbons (Fsp3) is 0.800. The maximum atomic E-state index is 4.35. The molecule has 0 aromatic carbocycles. The van der Waals surface area contributed by atoms with Crippen molar-refractivity contribution in [3.63, 3.8) is 0 Å². The lowest BCUT2D eigenvalue weighted by Crippen LogP contribution is -2.53. The summed E-state index contributed by atoms with van der Waals surface area (Å²) in [4.78, 5) is 2.66. The highest BCUT2D eigenvalue weighted by atomic mass is 15.3. The first kappa shape index (κ1) is 14.5. The third-order valence-corrected chi connectivity index (χ3v) is 4.63. The van der Waals surface area contributed by atoms with E-state index in [2.05, 4.69) is 42.3 Å². The molecule has 4 nitrogen and oxygen atoms in total. The summed E-state index contributed by atoms with van der Waals surface area (Å²) < 4.78 is 1.90. The van der Waals surface area contributed by atoms with Gasteiger partial charge in [-0.2, -0.15) is 5.10 Å². The second-order valence-corrected chi connectivity index (χ2v) is 5.84. The third-order valence-electron chi connectivity index (χ3n) is 4.63. The predicted molar refractivity (Wildman–Crippen MR) is 79.1 cm³/mol. The van der Waals surface area contributed by atoms with Gasteiger partial charge in [-0.05, 0) is 45.8 Å². The highest BCUT2D eigenvalue weighted by molar-refractivity contribution is 5.17. The number of nitrogens with zero attached hydrogens (tertiary/aromatic N) is 3. The molecule has 2 heterocycles. The van der Waals surface area contributed by atoms with Crippen molar-refractivity contribution in [1.29, 1.82) is 0 Å². The maximum absolute atomic E-state index is 4.35. The molecule has 1 aromatic heterocycles. The number of nitrogens with one attached hydrogen (secondary N) is 1. The van der Waals surface area contributed by atoms with Crippen LogP contribution >= 0.6 is 0 Å². The van der Waals surface area contributed by atoms with E-state index in [1.165, 1.54) is 31.5 Å². The van der Waals surface area contributed by atoms with Crippen LogP contribution in [0, 0.1) is 0 Å². The molecule has 0 radical (unpaired) electrons. The van der Waals surface area contributed by atoms with Gasteiger partial charge in [-0.3, -0.25) is 9.58 Å². The van der Waals surface area contributed by atoms with Gasteiger partial charge in [-0.25, -0.2) is 0 Å². The van der Waals surface area contributed by atoms with Crippen LogP contribution in [0.25, 0.3) is 0 Å². The highest BCUT2D eigenvalue weighted by Gasteiger charge is 2.40. The molecular weight excluding hydrogens is 236 g/mol. The van der Waals surface area contributed by atoms with Crippen LogP contribution in [0.4, 0.5) is 0 Å². The molecule has 1 saturated heterocycles. The summed E-state index contributed by atoms with van der Waals surface area (Å²) in [6.07, 6.45) is 7.98. The Morgan fingerprint density at radius 3 is 2.53 bits per heavy atom. The minimum atomic E-state index is 0.176. The van der Waals surface area contributed by atoms with Gasteiger partial charge in [0.05, 0.1) is 12.2 Å². The van der Waals surface area contributed by atoms with E-state index >= 15 is 0 Å². The number of likely N-dealkylation sites (N-methyl/N-ethyl adjacent to an activating group) is 1. The Bertz CT molecular complexity index is 395. The molecule has 2 unspecified atom stereocenters. The lowest BCUT2D eigenvalue weighted by atomic mass is 9.84. The highest BCUT2D eigenvalue weighted by Crippen LogP contribution is 2.36. The first-order chi connectivity index (χ1) is 9.11. The number of likely N-dealkylation sites (tertiary alicyclic amines) is 1. The zero-order valence-corrected chi connectivity index (χ0v) is 12.8. The van der Waals surface area contributed by atoms with Crippen molar-refractivity contribution in [2.75, 3.05) is 19.6 Å². The third kappa shape index (κ3) is 2.84. The fourth-order valence-corrected chi connectivity index (χ4v) is 3.33. The Morgan fingerprint density at radius 2 is 2.05 bits per heavy atom. The smallest absolute Gasteiger partial charge is 0.0538 e. The SMILES string of the molecule is CCNC(c1cnn(C)c1)C(C)(CC)N1CCCC1. The van der Waals surface area contributed by atoms with Crippen molar-refractivity contribution in [2.45, 2.75) is 51.6 Å². The number of hydrogen-bond donors (Lipinski definition) is 1. The van der Waals surface area contributed by atoms with Crippen LogP contribution in [-0.4, -0.2) is 39.9 Å². The van der Waals surface area contributed by atoms with Gasteiger partial charge in [0.25, 0.3) is 0 Å². The molecule has 1 aliphatic heterocycles. The molecule has 0 aliphatic carbocycles. The molecule has 1 aromatic rings.